The van der Waals surface area contributed by atoms with Gasteiger partial charge in [-0.3, -0.25) is 4.79 Å². The van der Waals surface area contributed by atoms with E-state index in [9.17, 15) is 4.79 Å². The number of carbonyl (C=O) groups excluding carboxylic acids is 1. The molecule has 2 saturated heterocycles. The standard InChI is InChI=1S/C17H24N2O2S/c18-17(7-10-21-11-8-17)16(20)19-9-6-14(12-19)13-22-15-4-2-1-3-5-15/h1-5,14H,6-13,18H2. The molecule has 0 spiro atoms. The summed E-state index contributed by atoms with van der Waals surface area (Å²) in [4.78, 5) is 16.0. The van der Waals surface area contributed by atoms with Gasteiger partial charge in [0.15, 0.2) is 0 Å². The van der Waals surface area contributed by atoms with Crippen molar-refractivity contribution >= 4 is 17.7 Å². The smallest absolute Gasteiger partial charge is 0.242 e. The van der Waals surface area contributed by atoms with Gasteiger partial charge in [-0.05, 0) is 37.3 Å². The quantitative estimate of drug-likeness (QED) is 0.864. The first-order chi connectivity index (χ1) is 10.7. The first-order valence-electron chi connectivity index (χ1n) is 8.01. The van der Waals surface area contributed by atoms with Crippen LogP contribution >= 0.6 is 11.8 Å². The zero-order valence-corrected chi connectivity index (χ0v) is 13.7. The second-order valence-electron chi connectivity index (χ2n) is 6.30. The maximum Gasteiger partial charge on any atom is 0.242 e. The van der Waals surface area contributed by atoms with Crippen molar-refractivity contribution in [3.8, 4) is 0 Å². The predicted molar refractivity (Wildman–Crippen MR) is 88.8 cm³/mol. The average molecular weight is 320 g/mol. The molecule has 2 aliphatic rings. The molecule has 2 aliphatic heterocycles. The summed E-state index contributed by atoms with van der Waals surface area (Å²) in [5, 5.41) is 0. The lowest BCUT2D eigenvalue weighted by Crippen LogP contribution is -2.57. The zero-order chi connectivity index (χ0) is 15.4. The van der Waals surface area contributed by atoms with E-state index >= 15 is 0 Å². The fourth-order valence-corrected chi connectivity index (χ4v) is 4.20. The second kappa shape index (κ2) is 7.02. The highest BCUT2D eigenvalue weighted by Gasteiger charge is 2.40. The largest absolute Gasteiger partial charge is 0.381 e. The van der Waals surface area contributed by atoms with E-state index in [0.717, 1.165) is 25.3 Å². The average Bonchev–Trinajstić information content (AvgIpc) is 3.03. The Bertz CT molecular complexity index is 503. The number of rotatable bonds is 4. The minimum absolute atomic E-state index is 0.128. The molecular weight excluding hydrogens is 296 g/mol. The minimum atomic E-state index is -0.695. The molecule has 0 radical (unpaired) electrons. The Morgan fingerprint density at radius 2 is 2.05 bits per heavy atom. The van der Waals surface area contributed by atoms with Crippen molar-refractivity contribution in [1.29, 1.82) is 0 Å². The number of thioether (sulfide) groups is 1. The van der Waals surface area contributed by atoms with E-state index in [1.54, 1.807) is 0 Å². The van der Waals surface area contributed by atoms with Crippen LogP contribution in [0.3, 0.4) is 0 Å². The van der Waals surface area contributed by atoms with Gasteiger partial charge in [-0.25, -0.2) is 0 Å². The van der Waals surface area contributed by atoms with Crippen molar-refractivity contribution in [2.45, 2.75) is 29.7 Å². The van der Waals surface area contributed by atoms with Crippen LogP contribution in [0, 0.1) is 5.92 Å². The van der Waals surface area contributed by atoms with E-state index in [-0.39, 0.29) is 5.91 Å². The molecule has 1 aromatic rings. The Balaban J connectivity index is 1.50. The lowest BCUT2D eigenvalue weighted by molar-refractivity contribution is -0.139. The van der Waals surface area contributed by atoms with Gasteiger partial charge in [-0.15, -0.1) is 11.8 Å². The van der Waals surface area contributed by atoms with Crippen LogP contribution in [-0.4, -0.2) is 48.4 Å². The highest BCUT2D eigenvalue weighted by Crippen LogP contribution is 2.28. The molecule has 1 atom stereocenters. The van der Waals surface area contributed by atoms with E-state index < -0.39 is 5.54 Å². The van der Waals surface area contributed by atoms with Gasteiger partial charge in [0.2, 0.25) is 5.91 Å². The van der Waals surface area contributed by atoms with Gasteiger partial charge in [-0.2, -0.15) is 0 Å². The lowest BCUT2D eigenvalue weighted by atomic mass is 9.90. The van der Waals surface area contributed by atoms with Crippen molar-refractivity contribution in [3.05, 3.63) is 30.3 Å². The van der Waals surface area contributed by atoms with Crippen molar-refractivity contribution in [2.75, 3.05) is 32.1 Å². The molecule has 0 aliphatic carbocycles. The number of carbonyl (C=O) groups is 1. The van der Waals surface area contributed by atoms with E-state index in [2.05, 4.69) is 24.3 Å². The molecule has 4 nitrogen and oxygen atoms in total. The van der Waals surface area contributed by atoms with Gasteiger partial charge in [-0.1, -0.05) is 18.2 Å². The van der Waals surface area contributed by atoms with E-state index in [1.807, 2.05) is 22.7 Å². The lowest BCUT2D eigenvalue weighted by Gasteiger charge is -2.35. The Morgan fingerprint density at radius 1 is 1.32 bits per heavy atom. The van der Waals surface area contributed by atoms with Crippen LogP contribution in [0.15, 0.2) is 35.2 Å². The summed E-state index contributed by atoms with van der Waals surface area (Å²) in [7, 11) is 0. The zero-order valence-electron chi connectivity index (χ0n) is 12.9. The number of hydrogen-bond donors (Lipinski definition) is 1. The molecule has 1 unspecified atom stereocenters. The maximum absolute atomic E-state index is 12.7. The molecule has 120 valence electrons. The Morgan fingerprint density at radius 3 is 2.77 bits per heavy atom. The summed E-state index contributed by atoms with van der Waals surface area (Å²) in [6.45, 7) is 2.89. The first-order valence-corrected chi connectivity index (χ1v) is 9.00. The van der Waals surface area contributed by atoms with Crippen molar-refractivity contribution in [2.24, 2.45) is 11.7 Å². The predicted octanol–water partition coefficient (Wildman–Crippen LogP) is 2.14. The van der Waals surface area contributed by atoms with Crippen LogP contribution in [0.4, 0.5) is 0 Å². The number of amides is 1. The Kier molecular flexibility index (Phi) is 5.06. The number of nitrogens with zero attached hydrogens (tertiary/aromatic N) is 1. The summed E-state index contributed by atoms with van der Waals surface area (Å²) < 4.78 is 5.33. The van der Waals surface area contributed by atoms with Crippen LogP contribution < -0.4 is 5.73 Å². The molecule has 1 aromatic carbocycles. The first kappa shape index (κ1) is 15.8. The van der Waals surface area contributed by atoms with Crippen molar-refractivity contribution in [3.63, 3.8) is 0 Å². The number of likely N-dealkylation sites (tertiary alicyclic amines) is 1. The van der Waals surface area contributed by atoms with Crippen LogP contribution in [0.25, 0.3) is 0 Å². The molecule has 1 amide bonds. The normalized spacial score (nSPS) is 24.4. The summed E-state index contributed by atoms with van der Waals surface area (Å²) in [5.74, 6) is 1.76. The van der Waals surface area contributed by atoms with E-state index in [1.165, 1.54) is 4.90 Å². The Labute approximate surface area is 136 Å². The van der Waals surface area contributed by atoms with Gasteiger partial charge in [0.1, 0.15) is 0 Å². The van der Waals surface area contributed by atoms with Crippen molar-refractivity contribution in [1.82, 2.24) is 4.90 Å². The molecule has 22 heavy (non-hydrogen) atoms. The third kappa shape index (κ3) is 3.65. The number of benzene rings is 1. The molecular formula is C17H24N2O2S. The summed E-state index contributed by atoms with van der Waals surface area (Å²) >= 11 is 1.88. The number of nitrogens with two attached hydrogens (primary N) is 1. The third-order valence-corrected chi connectivity index (χ3v) is 5.86. The maximum atomic E-state index is 12.7. The molecule has 3 rings (SSSR count). The van der Waals surface area contributed by atoms with Crippen LogP contribution in [0.5, 0.6) is 0 Å². The van der Waals surface area contributed by atoms with E-state index in [4.69, 9.17) is 10.5 Å². The molecule has 0 saturated carbocycles. The van der Waals surface area contributed by atoms with Crippen LogP contribution in [0.2, 0.25) is 0 Å². The van der Waals surface area contributed by atoms with Gasteiger partial charge >= 0.3 is 0 Å². The monoisotopic (exact) mass is 320 g/mol. The molecule has 2 heterocycles. The Hall–Kier alpha value is -1.04. The molecule has 0 aromatic heterocycles. The summed E-state index contributed by atoms with van der Waals surface area (Å²) in [6, 6.07) is 10.4. The molecule has 2 N–H and O–H groups in total. The number of ether oxygens (including phenoxy) is 1. The molecule has 5 heteroatoms. The van der Waals surface area contributed by atoms with Gasteiger partial charge in [0.05, 0.1) is 5.54 Å². The fourth-order valence-electron chi connectivity index (χ4n) is 3.15. The van der Waals surface area contributed by atoms with Gasteiger partial charge in [0, 0.05) is 37.0 Å². The summed E-state index contributed by atoms with van der Waals surface area (Å²) in [5.41, 5.74) is 5.62. The minimum Gasteiger partial charge on any atom is -0.381 e. The summed E-state index contributed by atoms with van der Waals surface area (Å²) in [6.07, 6.45) is 2.37. The van der Waals surface area contributed by atoms with Gasteiger partial charge in [0.25, 0.3) is 0 Å². The van der Waals surface area contributed by atoms with E-state index in [0.29, 0.717) is 32.0 Å². The van der Waals surface area contributed by atoms with Gasteiger partial charge < -0.3 is 15.4 Å². The fraction of sp³-hybridized carbons (Fsp3) is 0.588. The highest BCUT2D eigenvalue weighted by molar-refractivity contribution is 7.99. The molecule has 0 bridgehead atoms. The topological polar surface area (TPSA) is 55.6 Å². The SMILES string of the molecule is NC1(C(=O)N2CCC(CSc3ccccc3)C2)CCOCC1. The van der Waals surface area contributed by atoms with Crippen LogP contribution in [0.1, 0.15) is 19.3 Å². The number of hydrogen-bond acceptors (Lipinski definition) is 4. The van der Waals surface area contributed by atoms with Crippen LogP contribution in [-0.2, 0) is 9.53 Å². The third-order valence-electron chi connectivity index (χ3n) is 4.61. The second-order valence-corrected chi connectivity index (χ2v) is 7.39. The highest BCUT2D eigenvalue weighted by atomic mass is 32.2. The molecule has 2 fully saturated rings. The van der Waals surface area contributed by atoms with Crippen molar-refractivity contribution < 1.29 is 9.53 Å².